The maximum Gasteiger partial charge on any atom is 0.209 e. The van der Waals surface area contributed by atoms with Crippen LogP contribution in [0.1, 0.15) is 0 Å². The van der Waals surface area contributed by atoms with Gasteiger partial charge in [-0.2, -0.15) is 0 Å². The van der Waals surface area contributed by atoms with Gasteiger partial charge in [-0.15, -0.1) is 11.3 Å². The van der Waals surface area contributed by atoms with Crippen LogP contribution in [0.3, 0.4) is 0 Å². The number of aromatic nitrogens is 1. The van der Waals surface area contributed by atoms with Crippen molar-refractivity contribution in [1.29, 1.82) is 0 Å². The molecule has 0 fully saturated rings. The fourth-order valence-corrected chi connectivity index (χ4v) is 2.67. The van der Waals surface area contributed by atoms with Crippen LogP contribution < -0.4 is 10.6 Å². The molecule has 0 amide bonds. The molecular formula is C15H13N3S. The summed E-state index contributed by atoms with van der Waals surface area (Å²) in [5.41, 5.74) is 2.97. The highest BCUT2D eigenvalue weighted by atomic mass is 32.1. The summed E-state index contributed by atoms with van der Waals surface area (Å²) in [6.45, 7) is 0. The molecule has 3 aromatic rings. The SMILES string of the molecule is Nn1c(-c2ccccc2)csc1=Nc1ccccc1. The van der Waals surface area contributed by atoms with Crippen molar-refractivity contribution in [3.63, 3.8) is 0 Å². The Morgan fingerprint density at radius 2 is 1.53 bits per heavy atom. The van der Waals surface area contributed by atoms with Crippen LogP contribution in [0.25, 0.3) is 11.3 Å². The van der Waals surface area contributed by atoms with Crippen molar-refractivity contribution < 1.29 is 0 Å². The van der Waals surface area contributed by atoms with Gasteiger partial charge in [-0.1, -0.05) is 48.5 Å². The molecular weight excluding hydrogens is 254 g/mol. The van der Waals surface area contributed by atoms with E-state index in [2.05, 4.69) is 4.99 Å². The molecule has 3 rings (SSSR count). The van der Waals surface area contributed by atoms with E-state index >= 15 is 0 Å². The summed E-state index contributed by atoms with van der Waals surface area (Å²) in [7, 11) is 0. The van der Waals surface area contributed by atoms with Crippen molar-refractivity contribution in [3.05, 3.63) is 70.8 Å². The molecule has 0 saturated carbocycles. The second-order valence-electron chi connectivity index (χ2n) is 4.09. The summed E-state index contributed by atoms with van der Waals surface area (Å²) in [4.78, 5) is 5.33. The van der Waals surface area contributed by atoms with Crippen molar-refractivity contribution in [2.75, 3.05) is 5.84 Å². The molecule has 1 aromatic heterocycles. The van der Waals surface area contributed by atoms with Crippen LogP contribution in [0.5, 0.6) is 0 Å². The molecule has 0 aliphatic carbocycles. The van der Waals surface area contributed by atoms with E-state index < -0.39 is 0 Å². The zero-order valence-corrected chi connectivity index (χ0v) is 11.0. The molecule has 0 aliphatic heterocycles. The van der Waals surface area contributed by atoms with Gasteiger partial charge in [0, 0.05) is 10.9 Å². The van der Waals surface area contributed by atoms with E-state index in [0.29, 0.717) is 0 Å². The summed E-state index contributed by atoms with van der Waals surface area (Å²) in [5, 5.41) is 2.02. The van der Waals surface area contributed by atoms with Crippen LogP contribution in [0.15, 0.2) is 71.0 Å². The Labute approximate surface area is 115 Å². The Morgan fingerprint density at radius 3 is 2.21 bits per heavy atom. The predicted octanol–water partition coefficient (Wildman–Crippen LogP) is 3.16. The van der Waals surface area contributed by atoms with Crippen LogP contribution in [-0.2, 0) is 0 Å². The van der Waals surface area contributed by atoms with Gasteiger partial charge >= 0.3 is 0 Å². The molecule has 0 unspecified atom stereocenters. The topological polar surface area (TPSA) is 43.3 Å². The number of hydrogen-bond acceptors (Lipinski definition) is 3. The van der Waals surface area contributed by atoms with Crippen molar-refractivity contribution >= 4 is 17.0 Å². The van der Waals surface area contributed by atoms with Crippen molar-refractivity contribution in [2.45, 2.75) is 0 Å². The zero-order chi connectivity index (χ0) is 13.1. The Hall–Kier alpha value is -2.33. The van der Waals surface area contributed by atoms with Gasteiger partial charge in [-0.25, -0.2) is 9.67 Å². The highest BCUT2D eigenvalue weighted by Crippen LogP contribution is 2.18. The number of nitrogen functional groups attached to an aromatic ring is 1. The second kappa shape index (κ2) is 5.12. The molecule has 0 atom stereocenters. The minimum absolute atomic E-state index is 0.782. The number of nitrogens with zero attached hydrogens (tertiary/aromatic N) is 2. The average molecular weight is 267 g/mol. The lowest BCUT2D eigenvalue weighted by atomic mass is 10.2. The quantitative estimate of drug-likeness (QED) is 0.712. The van der Waals surface area contributed by atoms with Gasteiger partial charge in [0.2, 0.25) is 4.80 Å². The Morgan fingerprint density at radius 1 is 0.895 bits per heavy atom. The highest BCUT2D eigenvalue weighted by Gasteiger charge is 2.04. The Balaban J connectivity index is 2.07. The first-order chi connectivity index (χ1) is 9.34. The molecule has 0 aliphatic rings. The van der Waals surface area contributed by atoms with Crippen LogP contribution >= 0.6 is 11.3 Å². The van der Waals surface area contributed by atoms with Gasteiger partial charge in [0.1, 0.15) is 0 Å². The van der Waals surface area contributed by atoms with Crippen LogP contribution in [0.4, 0.5) is 5.69 Å². The lowest BCUT2D eigenvalue weighted by Crippen LogP contribution is -2.23. The summed E-state index contributed by atoms with van der Waals surface area (Å²) >= 11 is 1.54. The molecule has 1 heterocycles. The van der Waals surface area contributed by atoms with Gasteiger partial charge < -0.3 is 5.84 Å². The maximum absolute atomic E-state index is 6.12. The molecule has 2 N–H and O–H groups in total. The fourth-order valence-electron chi connectivity index (χ4n) is 1.83. The minimum Gasteiger partial charge on any atom is -0.337 e. The largest absolute Gasteiger partial charge is 0.337 e. The molecule has 0 radical (unpaired) electrons. The average Bonchev–Trinajstić information content (AvgIpc) is 2.82. The highest BCUT2D eigenvalue weighted by molar-refractivity contribution is 7.07. The van der Waals surface area contributed by atoms with E-state index in [0.717, 1.165) is 21.7 Å². The lowest BCUT2D eigenvalue weighted by molar-refractivity contribution is 0.960. The number of thiazole rings is 1. The molecule has 0 bridgehead atoms. The second-order valence-corrected chi connectivity index (χ2v) is 4.92. The van der Waals surface area contributed by atoms with Crippen molar-refractivity contribution in [3.8, 4) is 11.3 Å². The van der Waals surface area contributed by atoms with Gasteiger partial charge in [0.15, 0.2) is 0 Å². The van der Waals surface area contributed by atoms with Gasteiger partial charge in [-0.3, -0.25) is 0 Å². The normalized spacial score (nSPS) is 11.7. The fraction of sp³-hybridized carbons (Fsp3) is 0. The molecule has 0 spiro atoms. The zero-order valence-electron chi connectivity index (χ0n) is 10.2. The number of hydrogen-bond donors (Lipinski definition) is 1. The standard InChI is InChI=1S/C15H13N3S/c16-18-14(12-7-3-1-4-8-12)11-19-15(18)17-13-9-5-2-6-10-13/h1-11H,16H2. The van der Waals surface area contributed by atoms with E-state index in [1.54, 1.807) is 4.68 Å². The minimum atomic E-state index is 0.782. The third-order valence-electron chi connectivity index (χ3n) is 2.79. The van der Waals surface area contributed by atoms with Gasteiger partial charge in [0.25, 0.3) is 0 Å². The number of rotatable bonds is 2. The van der Waals surface area contributed by atoms with Crippen LogP contribution in [0.2, 0.25) is 0 Å². The third kappa shape index (κ3) is 2.44. The molecule has 4 heteroatoms. The van der Waals surface area contributed by atoms with E-state index in [-0.39, 0.29) is 0 Å². The monoisotopic (exact) mass is 267 g/mol. The first kappa shape index (κ1) is 11.7. The first-order valence-corrected chi connectivity index (χ1v) is 6.83. The third-order valence-corrected chi connectivity index (χ3v) is 3.63. The van der Waals surface area contributed by atoms with Gasteiger partial charge in [-0.05, 0) is 12.1 Å². The summed E-state index contributed by atoms with van der Waals surface area (Å²) in [5.74, 6) is 6.12. The molecule has 0 saturated heterocycles. The Kier molecular flexibility index (Phi) is 3.16. The predicted molar refractivity (Wildman–Crippen MR) is 79.6 cm³/mol. The van der Waals surface area contributed by atoms with Gasteiger partial charge in [0.05, 0.1) is 11.4 Å². The summed E-state index contributed by atoms with van der Waals surface area (Å²) in [6.07, 6.45) is 0. The van der Waals surface area contributed by atoms with Crippen LogP contribution in [0, 0.1) is 0 Å². The first-order valence-electron chi connectivity index (χ1n) is 5.95. The van der Waals surface area contributed by atoms with E-state index in [9.17, 15) is 0 Å². The molecule has 19 heavy (non-hydrogen) atoms. The van der Waals surface area contributed by atoms with Crippen LogP contribution in [-0.4, -0.2) is 4.68 Å². The van der Waals surface area contributed by atoms with E-state index in [4.69, 9.17) is 5.84 Å². The van der Waals surface area contributed by atoms with E-state index in [1.165, 1.54) is 11.3 Å². The van der Waals surface area contributed by atoms with Crippen molar-refractivity contribution in [1.82, 2.24) is 4.68 Å². The smallest absolute Gasteiger partial charge is 0.209 e. The molecule has 3 nitrogen and oxygen atoms in total. The Bertz CT molecular complexity index is 727. The van der Waals surface area contributed by atoms with Crippen molar-refractivity contribution in [2.24, 2.45) is 4.99 Å². The lowest BCUT2D eigenvalue weighted by Gasteiger charge is -2.01. The number of para-hydroxylation sites is 1. The summed E-state index contributed by atoms with van der Waals surface area (Å²) < 4.78 is 1.63. The molecule has 2 aromatic carbocycles. The summed E-state index contributed by atoms with van der Waals surface area (Å²) in [6, 6.07) is 19.9. The van der Waals surface area contributed by atoms with E-state index in [1.807, 2.05) is 66.0 Å². The maximum atomic E-state index is 6.12. The number of benzene rings is 2. The number of nitrogens with two attached hydrogens (primary N) is 1. The molecule has 94 valence electrons.